The second-order valence-electron chi connectivity index (χ2n) is 5.96. The van der Waals surface area contributed by atoms with E-state index < -0.39 is 0 Å². The molecule has 1 aromatic heterocycles. The second-order valence-corrected chi connectivity index (χ2v) is 8.06. The molecule has 0 unspecified atom stereocenters. The van der Waals surface area contributed by atoms with Gasteiger partial charge in [-0.25, -0.2) is 4.98 Å². The van der Waals surface area contributed by atoms with E-state index in [1.807, 2.05) is 43.8 Å². The number of rotatable bonds is 4. The smallest absolute Gasteiger partial charge is 0.230 e. The number of carbonyl (C=O) groups excluding carboxylic acids is 1. The highest BCUT2D eigenvalue weighted by Gasteiger charge is 2.22. The lowest BCUT2D eigenvalue weighted by Gasteiger charge is -2.25. The molecule has 0 spiro atoms. The van der Waals surface area contributed by atoms with E-state index in [1.54, 1.807) is 0 Å². The summed E-state index contributed by atoms with van der Waals surface area (Å²) in [5.41, 5.74) is 3.51. The molecule has 25 heavy (non-hydrogen) atoms. The average Bonchev–Trinajstić information content (AvgIpc) is 2.60. The van der Waals surface area contributed by atoms with Gasteiger partial charge in [0.25, 0.3) is 0 Å². The SMILES string of the molecule is Cc1cc(C)c(C#N)c(SCC(=O)N[C@H]2CCSc3ccccc32)n1. The lowest BCUT2D eigenvalue weighted by Crippen LogP contribution is -2.31. The maximum Gasteiger partial charge on any atom is 0.230 e. The quantitative estimate of drug-likeness (QED) is 0.825. The minimum absolute atomic E-state index is 0.0263. The van der Waals surface area contributed by atoms with Gasteiger partial charge in [-0.05, 0) is 43.5 Å². The van der Waals surface area contributed by atoms with Gasteiger partial charge in [-0.1, -0.05) is 30.0 Å². The van der Waals surface area contributed by atoms with Crippen LogP contribution in [-0.2, 0) is 4.79 Å². The summed E-state index contributed by atoms with van der Waals surface area (Å²) in [5.74, 6) is 1.24. The molecule has 0 radical (unpaired) electrons. The zero-order valence-electron chi connectivity index (χ0n) is 14.2. The van der Waals surface area contributed by atoms with Crippen molar-refractivity contribution in [3.05, 3.63) is 52.7 Å². The number of hydrogen-bond acceptors (Lipinski definition) is 5. The van der Waals surface area contributed by atoms with E-state index in [4.69, 9.17) is 0 Å². The van der Waals surface area contributed by atoms with E-state index in [0.29, 0.717) is 10.6 Å². The molecule has 0 saturated carbocycles. The first kappa shape index (κ1) is 17.8. The van der Waals surface area contributed by atoms with Crippen molar-refractivity contribution in [1.82, 2.24) is 10.3 Å². The normalized spacial score (nSPS) is 16.0. The Kier molecular flexibility index (Phi) is 5.67. The molecular weight excluding hydrogens is 350 g/mol. The fraction of sp³-hybridized carbons (Fsp3) is 0.316. The van der Waals surface area contributed by atoms with Gasteiger partial charge >= 0.3 is 0 Å². The van der Waals surface area contributed by atoms with Gasteiger partial charge in [0.1, 0.15) is 11.1 Å². The molecule has 0 fully saturated rings. The van der Waals surface area contributed by atoms with Crippen molar-refractivity contribution in [2.24, 2.45) is 0 Å². The van der Waals surface area contributed by atoms with E-state index in [9.17, 15) is 10.1 Å². The van der Waals surface area contributed by atoms with Crippen molar-refractivity contribution in [2.75, 3.05) is 11.5 Å². The lowest BCUT2D eigenvalue weighted by molar-refractivity contribution is -0.119. The highest BCUT2D eigenvalue weighted by Crippen LogP contribution is 2.35. The van der Waals surface area contributed by atoms with Crippen molar-refractivity contribution < 1.29 is 4.79 Å². The van der Waals surface area contributed by atoms with Gasteiger partial charge in [-0.3, -0.25) is 4.79 Å². The molecule has 4 nitrogen and oxygen atoms in total. The van der Waals surface area contributed by atoms with E-state index in [2.05, 4.69) is 28.5 Å². The number of aryl methyl sites for hydroxylation is 2. The average molecular weight is 370 g/mol. The van der Waals surface area contributed by atoms with Crippen molar-refractivity contribution >= 4 is 29.4 Å². The number of nitrogens with one attached hydrogen (secondary N) is 1. The Hall–Kier alpha value is -1.97. The Morgan fingerprint density at radius 1 is 1.44 bits per heavy atom. The van der Waals surface area contributed by atoms with Crippen molar-refractivity contribution in [1.29, 1.82) is 5.26 Å². The summed E-state index contributed by atoms with van der Waals surface area (Å²) in [6.07, 6.45) is 0.934. The third-order valence-corrected chi connectivity index (χ3v) is 6.16. The molecule has 0 bridgehead atoms. The van der Waals surface area contributed by atoms with Crippen LogP contribution in [0.1, 0.15) is 34.8 Å². The Balaban J connectivity index is 1.66. The first-order chi connectivity index (χ1) is 12.1. The number of hydrogen-bond donors (Lipinski definition) is 1. The van der Waals surface area contributed by atoms with Crippen LogP contribution in [-0.4, -0.2) is 22.4 Å². The monoisotopic (exact) mass is 369 g/mol. The summed E-state index contributed by atoms with van der Waals surface area (Å²) in [7, 11) is 0. The van der Waals surface area contributed by atoms with Crippen molar-refractivity contribution in [2.45, 2.75) is 36.2 Å². The molecule has 1 aromatic carbocycles. The van der Waals surface area contributed by atoms with Crippen LogP contribution < -0.4 is 5.32 Å². The summed E-state index contributed by atoms with van der Waals surface area (Å²) >= 11 is 3.16. The molecule has 1 atom stereocenters. The molecule has 128 valence electrons. The topological polar surface area (TPSA) is 65.8 Å². The minimum Gasteiger partial charge on any atom is -0.349 e. The molecular formula is C19H19N3OS2. The van der Waals surface area contributed by atoms with Gasteiger partial charge < -0.3 is 5.32 Å². The highest BCUT2D eigenvalue weighted by molar-refractivity contribution is 8.00. The molecule has 0 saturated heterocycles. The van der Waals surface area contributed by atoms with Gasteiger partial charge in [0.2, 0.25) is 5.91 Å². The maximum atomic E-state index is 12.4. The predicted molar refractivity (Wildman–Crippen MR) is 102 cm³/mol. The summed E-state index contributed by atoms with van der Waals surface area (Å²) < 4.78 is 0. The number of benzene rings is 1. The Bertz CT molecular complexity index is 845. The van der Waals surface area contributed by atoms with Crippen LogP contribution >= 0.6 is 23.5 Å². The van der Waals surface area contributed by atoms with Crippen LogP contribution in [0.15, 0.2) is 40.3 Å². The number of nitrogens with zero attached hydrogens (tertiary/aromatic N) is 2. The lowest BCUT2D eigenvalue weighted by atomic mass is 10.0. The Labute approximate surface area is 156 Å². The number of thioether (sulfide) groups is 2. The number of pyridine rings is 1. The fourth-order valence-electron chi connectivity index (χ4n) is 2.90. The van der Waals surface area contributed by atoms with Crippen molar-refractivity contribution in [3.8, 4) is 6.07 Å². The van der Waals surface area contributed by atoms with E-state index in [1.165, 1.54) is 22.2 Å². The molecule has 3 rings (SSSR count). The molecule has 2 aromatic rings. The second kappa shape index (κ2) is 7.94. The summed E-state index contributed by atoms with van der Waals surface area (Å²) in [4.78, 5) is 18.1. The maximum absolute atomic E-state index is 12.4. The third kappa shape index (κ3) is 4.17. The van der Waals surface area contributed by atoms with Gasteiger partial charge in [0.05, 0.1) is 17.4 Å². The minimum atomic E-state index is -0.0263. The highest BCUT2D eigenvalue weighted by atomic mass is 32.2. The largest absolute Gasteiger partial charge is 0.349 e. The first-order valence-electron chi connectivity index (χ1n) is 8.10. The fourth-order valence-corrected chi connectivity index (χ4v) is 4.94. The summed E-state index contributed by atoms with van der Waals surface area (Å²) in [6.45, 7) is 3.79. The zero-order chi connectivity index (χ0) is 17.8. The summed E-state index contributed by atoms with van der Waals surface area (Å²) in [6, 6.07) is 12.4. The van der Waals surface area contributed by atoms with Crippen LogP contribution in [0.2, 0.25) is 0 Å². The molecule has 6 heteroatoms. The van der Waals surface area contributed by atoms with E-state index in [-0.39, 0.29) is 17.7 Å². The van der Waals surface area contributed by atoms with E-state index >= 15 is 0 Å². The standard InChI is InChI=1S/C19H19N3OS2/c1-12-9-13(2)21-19(15(12)10-20)25-11-18(23)22-16-7-8-24-17-6-4-3-5-14(16)17/h3-6,9,16H,7-8,11H2,1-2H3,(H,22,23)/t16-/m0/s1. The molecule has 1 amide bonds. The van der Waals surface area contributed by atoms with Crippen LogP contribution in [0.25, 0.3) is 0 Å². The number of fused-ring (bicyclic) bond motifs is 1. The van der Waals surface area contributed by atoms with Gasteiger partial charge in [0.15, 0.2) is 0 Å². The Morgan fingerprint density at radius 3 is 3.04 bits per heavy atom. The van der Waals surface area contributed by atoms with Crippen LogP contribution in [0.4, 0.5) is 0 Å². The number of aromatic nitrogens is 1. The number of nitriles is 1. The third-order valence-electron chi connectivity index (χ3n) is 4.06. The van der Waals surface area contributed by atoms with Gasteiger partial charge in [-0.15, -0.1) is 11.8 Å². The van der Waals surface area contributed by atoms with Crippen molar-refractivity contribution in [3.63, 3.8) is 0 Å². The zero-order valence-corrected chi connectivity index (χ0v) is 15.8. The van der Waals surface area contributed by atoms with E-state index in [0.717, 1.165) is 23.4 Å². The molecule has 1 N–H and O–H groups in total. The Morgan fingerprint density at radius 2 is 2.24 bits per heavy atom. The van der Waals surface area contributed by atoms with Crippen LogP contribution in [0, 0.1) is 25.2 Å². The summed E-state index contributed by atoms with van der Waals surface area (Å²) in [5, 5.41) is 13.1. The molecule has 1 aliphatic rings. The van der Waals surface area contributed by atoms with Gasteiger partial charge in [-0.2, -0.15) is 5.26 Å². The van der Waals surface area contributed by atoms with Crippen LogP contribution in [0.3, 0.4) is 0 Å². The molecule has 2 heterocycles. The number of amides is 1. The predicted octanol–water partition coefficient (Wildman–Crippen LogP) is 4.02. The van der Waals surface area contributed by atoms with Crippen LogP contribution in [0.5, 0.6) is 0 Å². The molecule has 1 aliphatic heterocycles. The van der Waals surface area contributed by atoms with Gasteiger partial charge in [0, 0.05) is 16.3 Å². The number of carbonyl (C=O) groups is 1. The first-order valence-corrected chi connectivity index (χ1v) is 10.1. The molecule has 0 aliphatic carbocycles.